The van der Waals surface area contributed by atoms with Crippen molar-refractivity contribution in [1.82, 2.24) is 0 Å². The van der Waals surface area contributed by atoms with Crippen LogP contribution in [0.2, 0.25) is 0 Å². The average Bonchev–Trinajstić information content (AvgIpc) is 2.37. The number of rotatable bonds is 3. The molecule has 0 aliphatic heterocycles. The van der Waals surface area contributed by atoms with Gasteiger partial charge >= 0.3 is 0 Å². The third kappa shape index (κ3) is 2.14. The van der Waals surface area contributed by atoms with Crippen molar-refractivity contribution in [2.45, 2.75) is 19.8 Å². The first-order valence-corrected chi connectivity index (χ1v) is 5.84. The topological polar surface area (TPSA) is 17.1 Å². The second-order valence-corrected chi connectivity index (χ2v) is 4.24. The van der Waals surface area contributed by atoms with Crippen molar-refractivity contribution in [2.24, 2.45) is 0 Å². The van der Waals surface area contributed by atoms with E-state index in [0.717, 1.165) is 30.3 Å². The lowest BCUT2D eigenvalue weighted by atomic mass is 9.83. The summed E-state index contributed by atoms with van der Waals surface area (Å²) in [6, 6.07) is 8.40. The zero-order valence-electron chi connectivity index (χ0n) is 10.1. The van der Waals surface area contributed by atoms with E-state index in [1.54, 1.807) is 12.2 Å². The third-order valence-corrected chi connectivity index (χ3v) is 3.29. The molecular weight excluding hydrogens is 208 g/mol. The maximum atomic E-state index is 11.1. The Balaban J connectivity index is 2.54. The molecule has 0 radical (unpaired) electrons. The number of fused-ring (bicyclic) bond motifs is 1. The van der Waals surface area contributed by atoms with Crippen LogP contribution in [0.4, 0.5) is 0 Å². The van der Waals surface area contributed by atoms with Crippen LogP contribution in [0.5, 0.6) is 0 Å². The third-order valence-electron chi connectivity index (χ3n) is 3.29. The van der Waals surface area contributed by atoms with Gasteiger partial charge in [0, 0.05) is 5.57 Å². The van der Waals surface area contributed by atoms with Crippen molar-refractivity contribution in [3.63, 3.8) is 0 Å². The molecule has 1 aliphatic rings. The van der Waals surface area contributed by atoms with Crippen molar-refractivity contribution in [1.29, 1.82) is 0 Å². The van der Waals surface area contributed by atoms with Crippen molar-refractivity contribution in [2.75, 3.05) is 0 Å². The predicted octanol–water partition coefficient (Wildman–Crippen LogP) is 3.72. The summed E-state index contributed by atoms with van der Waals surface area (Å²) in [5.74, 6) is 0. The SMILES string of the molecule is C=C/C=C(\C=O)C1=C(C)c2ccccc2CC1. The van der Waals surface area contributed by atoms with Gasteiger partial charge in [-0.15, -0.1) is 0 Å². The number of aryl methyl sites for hydroxylation is 1. The van der Waals surface area contributed by atoms with Crippen molar-refractivity contribution in [3.05, 3.63) is 65.3 Å². The summed E-state index contributed by atoms with van der Waals surface area (Å²) >= 11 is 0. The minimum atomic E-state index is 0.756. The fourth-order valence-electron chi connectivity index (χ4n) is 2.41. The second-order valence-electron chi connectivity index (χ2n) is 4.24. The zero-order chi connectivity index (χ0) is 12.3. The van der Waals surface area contributed by atoms with E-state index in [2.05, 4.69) is 31.7 Å². The molecule has 0 spiro atoms. The molecule has 0 aromatic heterocycles. The summed E-state index contributed by atoms with van der Waals surface area (Å²) in [5.41, 5.74) is 5.76. The lowest BCUT2D eigenvalue weighted by molar-refractivity contribution is -0.104. The van der Waals surface area contributed by atoms with E-state index in [1.807, 2.05) is 6.07 Å². The molecule has 0 unspecified atom stereocenters. The van der Waals surface area contributed by atoms with Gasteiger partial charge in [0.25, 0.3) is 0 Å². The van der Waals surface area contributed by atoms with Gasteiger partial charge in [0.2, 0.25) is 0 Å². The van der Waals surface area contributed by atoms with Gasteiger partial charge in [0.1, 0.15) is 6.29 Å². The molecule has 1 aromatic carbocycles. The maximum Gasteiger partial charge on any atom is 0.150 e. The van der Waals surface area contributed by atoms with Crippen LogP contribution < -0.4 is 0 Å². The van der Waals surface area contributed by atoms with E-state index >= 15 is 0 Å². The number of carbonyl (C=O) groups excluding carboxylic acids is 1. The standard InChI is InChI=1S/C16H16O/c1-3-6-14(11-17)16-10-9-13-7-4-5-8-15(13)12(16)2/h3-8,11H,1,9-10H2,2H3/b14-6+. The molecule has 1 heteroatoms. The lowest BCUT2D eigenvalue weighted by Gasteiger charge is -2.21. The highest BCUT2D eigenvalue weighted by Gasteiger charge is 2.17. The van der Waals surface area contributed by atoms with Gasteiger partial charge in [0.05, 0.1) is 0 Å². The van der Waals surface area contributed by atoms with Crippen LogP contribution >= 0.6 is 0 Å². The number of hydrogen-bond acceptors (Lipinski definition) is 1. The highest BCUT2D eigenvalue weighted by atomic mass is 16.1. The van der Waals surface area contributed by atoms with Crippen LogP contribution in [0.25, 0.3) is 5.57 Å². The van der Waals surface area contributed by atoms with Gasteiger partial charge in [-0.25, -0.2) is 0 Å². The Morgan fingerprint density at radius 3 is 2.76 bits per heavy atom. The molecule has 86 valence electrons. The van der Waals surface area contributed by atoms with Crippen LogP contribution in [0.3, 0.4) is 0 Å². The van der Waals surface area contributed by atoms with E-state index in [9.17, 15) is 4.79 Å². The molecule has 0 saturated carbocycles. The van der Waals surface area contributed by atoms with E-state index in [4.69, 9.17) is 0 Å². The summed E-state index contributed by atoms with van der Waals surface area (Å²) in [7, 11) is 0. The predicted molar refractivity (Wildman–Crippen MR) is 71.7 cm³/mol. The molecule has 2 rings (SSSR count). The zero-order valence-corrected chi connectivity index (χ0v) is 10.1. The first kappa shape index (κ1) is 11.6. The molecule has 1 aliphatic carbocycles. The summed E-state index contributed by atoms with van der Waals surface area (Å²) in [4.78, 5) is 11.1. The smallest absolute Gasteiger partial charge is 0.150 e. The lowest BCUT2D eigenvalue weighted by Crippen LogP contribution is -2.06. The number of benzene rings is 1. The van der Waals surface area contributed by atoms with Crippen molar-refractivity contribution in [3.8, 4) is 0 Å². The molecule has 0 bridgehead atoms. The molecule has 0 N–H and O–H groups in total. The summed E-state index contributed by atoms with van der Waals surface area (Å²) in [6.07, 6.45) is 6.32. The van der Waals surface area contributed by atoms with Gasteiger partial charge in [0.15, 0.2) is 0 Å². The molecule has 1 aromatic rings. The van der Waals surface area contributed by atoms with E-state index < -0.39 is 0 Å². The van der Waals surface area contributed by atoms with Crippen molar-refractivity contribution >= 4 is 11.9 Å². The van der Waals surface area contributed by atoms with E-state index in [0.29, 0.717) is 0 Å². The number of aldehydes is 1. The van der Waals surface area contributed by atoms with Crippen LogP contribution in [0, 0.1) is 0 Å². The molecule has 0 atom stereocenters. The highest BCUT2D eigenvalue weighted by molar-refractivity contribution is 5.88. The fraction of sp³-hybridized carbons (Fsp3) is 0.188. The van der Waals surface area contributed by atoms with E-state index in [-0.39, 0.29) is 0 Å². The Labute approximate surface area is 102 Å². The number of allylic oxidation sites excluding steroid dienone is 5. The normalized spacial score (nSPS) is 15.5. The maximum absolute atomic E-state index is 11.1. The Morgan fingerprint density at radius 2 is 2.06 bits per heavy atom. The Morgan fingerprint density at radius 1 is 1.29 bits per heavy atom. The summed E-state index contributed by atoms with van der Waals surface area (Å²) < 4.78 is 0. The van der Waals surface area contributed by atoms with E-state index in [1.165, 1.54) is 16.7 Å². The minimum Gasteiger partial charge on any atom is -0.298 e. The highest BCUT2D eigenvalue weighted by Crippen LogP contribution is 2.33. The minimum absolute atomic E-state index is 0.756. The average molecular weight is 224 g/mol. The van der Waals surface area contributed by atoms with Gasteiger partial charge in [-0.3, -0.25) is 4.79 Å². The van der Waals surface area contributed by atoms with Gasteiger partial charge < -0.3 is 0 Å². The molecule has 0 fully saturated rings. The van der Waals surface area contributed by atoms with Crippen LogP contribution in [-0.4, -0.2) is 6.29 Å². The Hall–Kier alpha value is -1.89. The molecular formula is C16H16O. The molecule has 0 amide bonds. The molecule has 1 nitrogen and oxygen atoms in total. The Kier molecular flexibility index (Phi) is 3.38. The van der Waals surface area contributed by atoms with Crippen LogP contribution in [0.15, 0.2) is 54.1 Å². The monoisotopic (exact) mass is 224 g/mol. The largest absolute Gasteiger partial charge is 0.298 e. The molecule has 0 heterocycles. The number of hydrogen-bond donors (Lipinski definition) is 0. The summed E-state index contributed by atoms with van der Waals surface area (Å²) in [5, 5.41) is 0. The summed E-state index contributed by atoms with van der Waals surface area (Å²) in [6.45, 7) is 5.75. The second kappa shape index (κ2) is 4.96. The van der Waals surface area contributed by atoms with Crippen LogP contribution in [0.1, 0.15) is 24.5 Å². The Bertz CT molecular complexity index is 518. The molecule has 0 saturated heterocycles. The van der Waals surface area contributed by atoms with Crippen molar-refractivity contribution < 1.29 is 4.79 Å². The van der Waals surface area contributed by atoms with Gasteiger partial charge in [-0.1, -0.05) is 43.0 Å². The first-order valence-electron chi connectivity index (χ1n) is 5.84. The first-order chi connectivity index (χ1) is 8.27. The van der Waals surface area contributed by atoms with Crippen LogP contribution in [-0.2, 0) is 11.2 Å². The van der Waals surface area contributed by atoms with Gasteiger partial charge in [-0.05, 0) is 42.0 Å². The number of carbonyl (C=O) groups is 1. The molecule has 17 heavy (non-hydrogen) atoms. The fourth-order valence-corrected chi connectivity index (χ4v) is 2.41. The van der Waals surface area contributed by atoms with Gasteiger partial charge in [-0.2, -0.15) is 0 Å². The quantitative estimate of drug-likeness (QED) is 0.434.